The average Bonchev–Trinajstić information content (AvgIpc) is 2.63. The third-order valence-electron chi connectivity index (χ3n) is 3.98. The molecular weight excluding hydrogens is 300 g/mol. The van der Waals surface area contributed by atoms with Gasteiger partial charge in [-0.1, -0.05) is 30.3 Å². The van der Waals surface area contributed by atoms with Crippen molar-refractivity contribution in [3.8, 4) is 6.07 Å². The fourth-order valence-corrected chi connectivity index (χ4v) is 2.81. The standard InChI is InChI=1S/C19H18N4O/c20-12-15-7-9-16(10-8-15)13-21-22-19(24)14-23-11-3-5-17-4-1-2-6-18(17)23/h1-2,4,6-10,13H,3,5,11,14H2,(H,22,24)/b21-13+. The molecule has 0 saturated carbocycles. The van der Waals surface area contributed by atoms with Crippen LogP contribution in [0.3, 0.4) is 0 Å². The Morgan fingerprint density at radius 2 is 2.04 bits per heavy atom. The van der Waals surface area contributed by atoms with E-state index in [-0.39, 0.29) is 5.91 Å². The van der Waals surface area contributed by atoms with Crippen LogP contribution in [0.25, 0.3) is 0 Å². The number of nitriles is 1. The minimum atomic E-state index is -0.142. The first kappa shape index (κ1) is 15.8. The van der Waals surface area contributed by atoms with Gasteiger partial charge >= 0.3 is 0 Å². The second kappa shape index (κ2) is 7.42. The molecule has 5 heteroatoms. The van der Waals surface area contributed by atoms with Crippen molar-refractivity contribution >= 4 is 17.8 Å². The van der Waals surface area contributed by atoms with Gasteiger partial charge in [-0.2, -0.15) is 10.4 Å². The second-order valence-corrected chi connectivity index (χ2v) is 5.68. The Labute approximate surface area is 141 Å². The predicted octanol–water partition coefficient (Wildman–Crippen LogP) is 2.46. The summed E-state index contributed by atoms with van der Waals surface area (Å²) in [7, 11) is 0. The lowest BCUT2D eigenvalue weighted by atomic mass is 10.0. The van der Waals surface area contributed by atoms with E-state index in [1.54, 1.807) is 30.5 Å². The molecule has 5 nitrogen and oxygen atoms in total. The van der Waals surface area contributed by atoms with Gasteiger partial charge in [0.25, 0.3) is 5.91 Å². The number of anilines is 1. The number of para-hydroxylation sites is 1. The van der Waals surface area contributed by atoms with Gasteiger partial charge in [0.05, 0.1) is 24.4 Å². The highest BCUT2D eigenvalue weighted by molar-refractivity contribution is 5.85. The van der Waals surface area contributed by atoms with E-state index in [1.165, 1.54) is 5.56 Å². The highest BCUT2D eigenvalue weighted by Gasteiger charge is 2.18. The van der Waals surface area contributed by atoms with E-state index in [9.17, 15) is 4.79 Å². The summed E-state index contributed by atoms with van der Waals surface area (Å²) < 4.78 is 0. The summed E-state index contributed by atoms with van der Waals surface area (Å²) in [6.45, 7) is 1.17. The molecule has 1 amide bonds. The molecule has 0 aromatic heterocycles. The minimum Gasteiger partial charge on any atom is -0.362 e. The van der Waals surface area contributed by atoms with Crippen molar-refractivity contribution in [2.45, 2.75) is 12.8 Å². The van der Waals surface area contributed by atoms with E-state index < -0.39 is 0 Å². The number of hydrazone groups is 1. The molecule has 0 atom stereocenters. The number of hydrogen-bond acceptors (Lipinski definition) is 4. The molecule has 0 radical (unpaired) electrons. The number of fused-ring (bicyclic) bond motifs is 1. The van der Waals surface area contributed by atoms with Crippen molar-refractivity contribution in [3.63, 3.8) is 0 Å². The van der Waals surface area contributed by atoms with Gasteiger partial charge in [-0.05, 0) is 42.2 Å². The van der Waals surface area contributed by atoms with Crippen LogP contribution in [0.5, 0.6) is 0 Å². The zero-order valence-electron chi connectivity index (χ0n) is 13.3. The number of benzene rings is 2. The molecule has 1 heterocycles. The molecule has 0 spiro atoms. The predicted molar refractivity (Wildman–Crippen MR) is 93.9 cm³/mol. The largest absolute Gasteiger partial charge is 0.362 e. The molecule has 24 heavy (non-hydrogen) atoms. The molecule has 0 saturated heterocycles. The number of carbonyl (C=O) groups excluding carboxylic acids is 1. The number of carbonyl (C=O) groups is 1. The smallest absolute Gasteiger partial charge is 0.259 e. The molecule has 1 aliphatic rings. The van der Waals surface area contributed by atoms with Crippen LogP contribution < -0.4 is 10.3 Å². The zero-order valence-corrected chi connectivity index (χ0v) is 13.3. The maximum absolute atomic E-state index is 12.1. The van der Waals surface area contributed by atoms with E-state index in [1.807, 2.05) is 12.1 Å². The second-order valence-electron chi connectivity index (χ2n) is 5.68. The van der Waals surface area contributed by atoms with Crippen molar-refractivity contribution in [1.82, 2.24) is 5.43 Å². The van der Waals surface area contributed by atoms with Crippen LogP contribution in [0.15, 0.2) is 53.6 Å². The molecule has 1 N–H and O–H groups in total. The van der Waals surface area contributed by atoms with Crippen molar-refractivity contribution in [2.24, 2.45) is 5.10 Å². The average molecular weight is 318 g/mol. The Bertz CT molecular complexity index is 790. The summed E-state index contributed by atoms with van der Waals surface area (Å²) in [5, 5.41) is 12.7. The van der Waals surface area contributed by atoms with Crippen LogP contribution in [0.1, 0.15) is 23.1 Å². The van der Waals surface area contributed by atoms with Crippen molar-refractivity contribution in [2.75, 3.05) is 18.0 Å². The van der Waals surface area contributed by atoms with Crippen LogP contribution in [0.4, 0.5) is 5.69 Å². The summed E-state index contributed by atoms with van der Waals surface area (Å²) >= 11 is 0. The van der Waals surface area contributed by atoms with Crippen LogP contribution in [0, 0.1) is 11.3 Å². The first-order valence-electron chi connectivity index (χ1n) is 7.91. The van der Waals surface area contributed by atoms with Gasteiger partial charge in [0, 0.05) is 12.2 Å². The molecule has 1 aliphatic heterocycles. The Balaban J connectivity index is 1.56. The van der Waals surface area contributed by atoms with Crippen LogP contribution in [-0.2, 0) is 11.2 Å². The molecule has 3 rings (SSSR count). The first-order valence-corrected chi connectivity index (χ1v) is 7.91. The molecule has 120 valence electrons. The molecular formula is C19H18N4O. The first-order chi connectivity index (χ1) is 11.8. The lowest BCUT2D eigenvalue weighted by molar-refractivity contribution is -0.119. The van der Waals surface area contributed by atoms with Gasteiger partial charge in [0.1, 0.15) is 0 Å². The molecule has 0 aliphatic carbocycles. The molecule has 2 aromatic carbocycles. The van der Waals surface area contributed by atoms with E-state index in [4.69, 9.17) is 5.26 Å². The quantitative estimate of drug-likeness (QED) is 0.695. The van der Waals surface area contributed by atoms with Gasteiger partial charge in [-0.15, -0.1) is 0 Å². The normalized spacial score (nSPS) is 13.4. The maximum Gasteiger partial charge on any atom is 0.259 e. The third-order valence-corrected chi connectivity index (χ3v) is 3.98. The van der Waals surface area contributed by atoms with E-state index in [0.717, 1.165) is 30.6 Å². The number of hydrogen-bond donors (Lipinski definition) is 1. The fraction of sp³-hybridized carbons (Fsp3) is 0.211. The minimum absolute atomic E-state index is 0.142. The summed E-state index contributed by atoms with van der Waals surface area (Å²) in [4.78, 5) is 14.2. The van der Waals surface area contributed by atoms with Gasteiger partial charge in [0.15, 0.2) is 0 Å². The van der Waals surface area contributed by atoms with Crippen LogP contribution >= 0.6 is 0 Å². The lowest BCUT2D eigenvalue weighted by Crippen LogP contribution is -2.38. The summed E-state index contributed by atoms with van der Waals surface area (Å²) in [5.74, 6) is -0.142. The number of nitrogens with zero attached hydrogens (tertiary/aromatic N) is 3. The number of amides is 1. The molecule has 0 bridgehead atoms. The van der Waals surface area contributed by atoms with Gasteiger partial charge < -0.3 is 4.90 Å². The Kier molecular flexibility index (Phi) is 4.87. The van der Waals surface area contributed by atoms with E-state index in [0.29, 0.717) is 12.1 Å². The summed E-state index contributed by atoms with van der Waals surface area (Å²) in [6, 6.07) is 17.3. The zero-order chi connectivity index (χ0) is 16.8. The molecule has 2 aromatic rings. The Hall–Kier alpha value is -3.13. The van der Waals surface area contributed by atoms with Crippen molar-refractivity contribution < 1.29 is 4.79 Å². The Morgan fingerprint density at radius 1 is 1.25 bits per heavy atom. The van der Waals surface area contributed by atoms with Crippen molar-refractivity contribution in [3.05, 3.63) is 65.2 Å². The SMILES string of the molecule is N#Cc1ccc(/C=N/NC(=O)CN2CCCc3ccccc32)cc1. The monoisotopic (exact) mass is 318 g/mol. The van der Waals surface area contributed by atoms with Gasteiger partial charge in [0.2, 0.25) is 0 Å². The topological polar surface area (TPSA) is 68.5 Å². The maximum atomic E-state index is 12.1. The highest BCUT2D eigenvalue weighted by Crippen LogP contribution is 2.26. The summed E-state index contributed by atoms with van der Waals surface area (Å²) in [5.41, 5.74) is 6.41. The van der Waals surface area contributed by atoms with Crippen LogP contribution in [-0.4, -0.2) is 25.2 Å². The van der Waals surface area contributed by atoms with Gasteiger partial charge in [-0.25, -0.2) is 5.43 Å². The lowest BCUT2D eigenvalue weighted by Gasteiger charge is -2.30. The highest BCUT2D eigenvalue weighted by atomic mass is 16.2. The van der Waals surface area contributed by atoms with E-state index in [2.05, 4.69) is 33.6 Å². The molecule has 0 unspecified atom stereocenters. The van der Waals surface area contributed by atoms with Crippen molar-refractivity contribution in [1.29, 1.82) is 5.26 Å². The third kappa shape index (κ3) is 3.79. The molecule has 0 fully saturated rings. The Morgan fingerprint density at radius 3 is 2.83 bits per heavy atom. The number of rotatable bonds is 4. The fourth-order valence-electron chi connectivity index (χ4n) is 2.81. The van der Waals surface area contributed by atoms with Crippen LogP contribution in [0.2, 0.25) is 0 Å². The van der Waals surface area contributed by atoms with E-state index >= 15 is 0 Å². The number of nitrogens with one attached hydrogen (secondary N) is 1. The van der Waals surface area contributed by atoms with Gasteiger partial charge in [-0.3, -0.25) is 4.79 Å². The summed E-state index contributed by atoms with van der Waals surface area (Å²) in [6.07, 6.45) is 3.69. The number of aryl methyl sites for hydroxylation is 1.